The van der Waals surface area contributed by atoms with E-state index in [9.17, 15) is 9.90 Å². The number of rotatable bonds is 2. The van der Waals surface area contributed by atoms with Crippen LogP contribution < -0.4 is 5.32 Å². The number of thiazole rings is 1. The summed E-state index contributed by atoms with van der Waals surface area (Å²) in [6.45, 7) is 3.61. The molecular formula is C11H17N3O2S. The summed E-state index contributed by atoms with van der Waals surface area (Å²) >= 11 is 1.58. The largest absolute Gasteiger partial charge is 0.391 e. The van der Waals surface area contributed by atoms with Gasteiger partial charge in [0, 0.05) is 24.2 Å². The molecule has 2 amide bonds. The minimum absolute atomic E-state index is 0.114. The summed E-state index contributed by atoms with van der Waals surface area (Å²) in [6.07, 6.45) is 3.08. The van der Waals surface area contributed by atoms with E-state index in [0.717, 1.165) is 29.3 Å². The third-order valence-corrected chi connectivity index (χ3v) is 3.66. The van der Waals surface area contributed by atoms with E-state index in [0.29, 0.717) is 13.1 Å². The van der Waals surface area contributed by atoms with E-state index >= 15 is 0 Å². The van der Waals surface area contributed by atoms with Crippen LogP contribution in [0.5, 0.6) is 0 Å². The Morgan fingerprint density at radius 2 is 2.59 bits per heavy atom. The summed E-state index contributed by atoms with van der Waals surface area (Å²) < 4.78 is 0. The quantitative estimate of drug-likeness (QED) is 0.832. The fourth-order valence-corrected chi connectivity index (χ4v) is 2.61. The number of nitrogens with zero attached hydrogens (tertiary/aromatic N) is 2. The van der Waals surface area contributed by atoms with E-state index in [-0.39, 0.29) is 12.1 Å². The number of amides is 2. The lowest BCUT2D eigenvalue weighted by molar-refractivity contribution is 0.0842. The second-order valence-electron chi connectivity index (χ2n) is 4.27. The van der Waals surface area contributed by atoms with Crippen LogP contribution in [0, 0.1) is 6.92 Å². The lowest BCUT2D eigenvalue weighted by Crippen LogP contribution is -2.46. The molecule has 5 nitrogen and oxygen atoms in total. The molecule has 0 bridgehead atoms. The number of nitrogens with one attached hydrogen (secondary N) is 1. The zero-order chi connectivity index (χ0) is 12.3. The van der Waals surface area contributed by atoms with Crippen molar-refractivity contribution in [2.24, 2.45) is 0 Å². The zero-order valence-electron chi connectivity index (χ0n) is 9.85. The zero-order valence-corrected chi connectivity index (χ0v) is 10.7. The Morgan fingerprint density at radius 1 is 1.76 bits per heavy atom. The molecular weight excluding hydrogens is 238 g/mol. The first kappa shape index (κ1) is 12.3. The predicted molar refractivity (Wildman–Crippen MR) is 65.9 cm³/mol. The van der Waals surface area contributed by atoms with E-state index in [1.807, 2.05) is 6.92 Å². The van der Waals surface area contributed by atoms with Gasteiger partial charge >= 0.3 is 6.03 Å². The minimum Gasteiger partial charge on any atom is -0.391 e. The molecule has 2 N–H and O–H groups in total. The fraction of sp³-hybridized carbons (Fsp3) is 0.636. The molecule has 0 aromatic carbocycles. The van der Waals surface area contributed by atoms with Crippen molar-refractivity contribution in [1.82, 2.24) is 15.2 Å². The van der Waals surface area contributed by atoms with Gasteiger partial charge in [-0.05, 0) is 19.8 Å². The topological polar surface area (TPSA) is 65.5 Å². The summed E-state index contributed by atoms with van der Waals surface area (Å²) in [5.74, 6) is 0. The maximum Gasteiger partial charge on any atom is 0.317 e. The average Bonchev–Trinajstić information content (AvgIpc) is 2.72. The molecule has 1 atom stereocenters. The lowest BCUT2D eigenvalue weighted by Gasteiger charge is -2.29. The number of piperidine rings is 1. The standard InChI is InChI=1S/C11H17N3O2S/c1-8-5-12-10(17-8)6-13-11(16)14-4-2-3-9(15)7-14/h5,9,15H,2-4,6-7H2,1H3,(H,13,16). The van der Waals surface area contributed by atoms with Gasteiger partial charge in [0.1, 0.15) is 5.01 Å². The number of carbonyl (C=O) groups excluding carboxylic acids is 1. The number of β-amino-alcohol motifs (C(OH)–C–C–N with tert-alkyl or cyclic N) is 1. The van der Waals surface area contributed by atoms with Crippen LogP contribution >= 0.6 is 11.3 Å². The first-order chi connectivity index (χ1) is 8.15. The number of carbonyl (C=O) groups is 1. The summed E-state index contributed by atoms with van der Waals surface area (Å²) in [4.78, 5) is 18.8. The van der Waals surface area contributed by atoms with Crippen LogP contribution in [-0.2, 0) is 6.54 Å². The van der Waals surface area contributed by atoms with Gasteiger partial charge in [-0.25, -0.2) is 9.78 Å². The van der Waals surface area contributed by atoms with Crippen LogP contribution in [0.3, 0.4) is 0 Å². The number of aliphatic hydroxyl groups excluding tert-OH is 1. The van der Waals surface area contributed by atoms with Crippen molar-refractivity contribution >= 4 is 17.4 Å². The van der Waals surface area contributed by atoms with Gasteiger partial charge < -0.3 is 15.3 Å². The third kappa shape index (κ3) is 3.41. The van der Waals surface area contributed by atoms with Crippen molar-refractivity contribution in [3.8, 4) is 0 Å². The number of aliphatic hydroxyl groups is 1. The minimum atomic E-state index is -0.378. The monoisotopic (exact) mass is 255 g/mol. The Hall–Kier alpha value is -1.14. The van der Waals surface area contributed by atoms with Gasteiger partial charge in [-0.15, -0.1) is 11.3 Å². The smallest absolute Gasteiger partial charge is 0.317 e. The molecule has 1 aliphatic rings. The van der Waals surface area contributed by atoms with E-state index in [1.165, 1.54) is 0 Å². The van der Waals surface area contributed by atoms with Crippen molar-refractivity contribution in [2.45, 2.75) is 32.4 Å². The van der Waals surface area contributed by atoms with Crippen molar-refractivity contribution in [1.29, 1.82) is 0 Å². The molecule has 0 aliphatic carbocycles. The van der Waals surface area contributed by atoms with E-state index in [2.05, 4.69) is 10.3 Å². The van der Waals surface area contributed by atoms with E-state index < -0.39 is 0 Å². The third-order valence-electron chi connectivity index (χ3n) is 2.74. The molecule has 6 heteroatoms. The molecule has 1 fully saturated rings. The molecule has 17 heavy (non-hydrogen) atoms. The first-order valence-corrected chi connectivity index (χ1v) is 6.59. The molecule has 0 radical (unpaired) electrons. The van der Waals surface area contributed by atoms with Gasteiger partial charge in [0.2, 0.25) is 0 Å². The Kier molecular flexibility index (Phi) is 3.96. The maximum absolute atomic E-state index is 11.8. The molecule has 2 rings (SSSR count). The Morgan fingerprint density at radius 3 is 3.24 bits per heavy atom. The van der Waals surface area contributed by atoms with Crippen LogP contribution in [0.25, 0.3) is 0 Å². The molecule has 1 aliphatic heterocycles. The molecule has 1 aromatic heterocycles. The number of hydrogen-bond donors (Lipinski definition) is 2. The Labute approximate surface area is 104 Å². The molecule has 94 valence electrons. The van der Waals surface area contributed by atoms with E-state index in [4.69, 9.17) is 0 Å². The highest BCUT2D eigenvalue weighted by Gasteiger charge is 2.21. The van der Waals surface area contributed by atoms with Crippen molar-refractivity contribution < 1.29 is 9.90 Å². The van der Waals surface area contributed by atoms with Crippen LogP contribution in [0.4, 0.5) is 4.79 Å². The highest BCUT2D eigenvalue weighted by molar-refractivity contribution is 7.11. The number of aryl methyl sites for hydroxylation is 1. The van der Waals surface area contributed by atoms with Gasteiger partial charge in [0.15, 0.2) is 0 Å². The van der Waals surface area contributed by atoms with Crippen LogP contribution in [0.1, 0.15) is 22.7 Å². The maximum atomic E-state index is 11.8. The normalized spacial score (nSPS) is 20.4. The molecule has 1 unspecified atom stereocenters. The number of hydrogen-bond acceptors (Lipinski definition) is 4. The van der Waals surface area contributed by atoms with Gasteiger partial charge in [-0.3, -0.25) is 0 Å². The van der Waals surface area contributed by atoms with Crippen LogP contribution in [0.15, 0.2) is 6.20 Å². The number of urea groups is 1. The van der Waals surface area contributed by atoms with Gasteiger partial charge in [0.05, 0.1) is 12.6 Å². The van der Waals surface area contributed by atoms with Crippen LogP contribution in [-0.4, -0.2) is 40.2 Å². The highest BCUT2D eigenvalue weighted by atomic mass is 32.1. The molecule has 2 heterocycles. The number of aromatic nitrogens is 1. The molecule has 1 saturated heterocycles. The Bertz CT molecular complexity index is 394. The van der Waals surface area contributed by atoms with Gasteiger partial charge in [-0.2, -0.15) is 0 Å². The predicted octanol–water partition coefficient (Wildman–Crippen LogP) is 1.12. The Balaban J connectivity index is 1.80. The van der Waals surface area contributed by atoms with Crippen molar-refractivity contribution in [3.05, 3.63) is 16.1 Å². The van der Waals surface area contributed by atoms with Gasteiger partial charge in [-0.1, -0.05) is 0 Å². The molecule has 0 spiro atoms. The molecule has 0 saturated carbocycles. The summed E-state index contributed by atoms with van der Waals surface area (Å²) in [5, 5.41) is 13.2. The lowest BCUT2D eigenvalue weighted by atomic mass is 10.1. The summed E-state index contributed by atoms with van der Waals surface area (Å²) in [7, 11) is 0. The average molecular weight is 255 g/mol. The SMILES string of the molecule is Cc1cnc(CNC(=O)N2CCCC(O)C2)s1. The van der Waals surface area contributed by atoms with Gasteiger partial charge in [0.25, 0.3) is 0 Å². The highest BCUT2D eigenvalue weighted by Crippen LogP contribution is 2.12. The summed E-state index contributed by atoms with van der Waals surface area (Å²) in [6, 6.07) is -0.114. The van der Waals surface area contributed by atoms with Crippen molar-refractivity contribution in [3.63, 3.8) is 0 Å². The first-order valence-electron chi connectivity index (χ1n) is 5.77. The second kappa shape index (κ2) is 5.46. The van der Waals surface area contributed by atoms with E-state index in [1.54, 1.807) is 22.4 Å². The fourth-order valence-electron chi connectivity index (χ4n) is 1.89. The van der Waals surface area contributed by atoms with Crippen molar-refractivity contribution in [2.75, 3.05) is 13.1 Å². The second-order valence-corrected chi connectivity index (χ2v) is 5.58. The summed E-state index contributed by atoms with van der Waals surface area (Å²) in [5.41, 5.74) is 0. The number of likely N-dealkylation sites (tertiary alicyclic amines) is 1. The van der Waals surface area contributed by atoms with Crippen LogP contribution in [0.2, 0.25) is 0 Å². The molecule has 1 aromatic rings.